The van der Waals surface area contributed by atoms with Crippen LogP contribution in [-0.2, 0) is 6.42 Å². The van der Waals surface area contributed by atoms with Crippen LogP contribution in [0.5, 0.6) is 0 Å². The maximum absolute atomic E-state index is 13.7. The van der Waals surface area contributed by atoms with Gasteiger partial charge in [0.1, 0.15) is 11.6 Å². The Bertz CT molecular complexity index is 628. The van der Waals surface area contributed by atoms with Crippen LogP contribution in [0, 0.1) is 18.6 Å². The molecule has 0 fully saturated rings. The molecule has 0 aliphatic rings. The largest absolute Gasteiger partial charge is 0.310 e. The van der Waals surface area contributed by atoms with Crippen molar-refractivity contribution in [3.05, 3.63) is 69.2 Å². The van der Waals surface area contributed by atoms with Crippen LogP contribution in [0.1, 0.15) is 29.7 Å². The maximum Gasteiger partial charge on any atom is 0.137 e. The average Bonchev–Trinajstić information content (AvgIpc) is 2.44. The number of benzene rings is 2. The van der Waals surface area contributed by atoms with Gasteiger partial charge in [0.05, 0.1) is 4.47 Å². The first-order valence-electron chi connectivity index (χ1n) is 6.94. The van der Waals surface area contributed by atoms with Crippen LogP contribution in [0.4, 0.5) is 8.78 Å². The minimum Gasteiger partial charge on any atom is -0.310 e. The first-order chi connectivity index (χ1) is 10.0. The predicted molar refractivity (Wildman–Crippen MR) is 85.4 cm³/mol. The van der Waals surface area contributed by atoms with Gasteiger partial charge in [0.15, 0.2) is 0 Å². The van der Waals surface area contributed by atoms with Crippen molar-refractivity contribution in [1.29, 1.82) is 0 Å². The second kappa shape index (κ2) is 7.14. The predicted octanol–water partition coefficient (Wildman–Crippen LogP) is 4.93. The van der Waals surface area contributed by atoms with Gasteiger partial charge in [-0.3, -0.25) is 0 Å². The zero-order chi connectivity index (χ0) is 15.4. The van der Waals surface area contributed by atoms with Crippen molar-refractivity contribution in [3.63, 3.8) is 0 Å². The third kappa shape index (κ3) is 4.11. The molecule has 0 amide bonds. The van der Waals surface area contributed by atoms with Crippen LogP contribution in [0.25, 0.3) is 0 Å². The smallest absolute Gasteiger partial charge is 0.137 e. The Hall–Kier alpha value is -1.26. The summed E-state index contributed by atoms with van der Waals surface area (Å²) in [5.41, 5.74) is 2.86. The normalized spacial score (nSPS) is 12.4. The quantitative estimate of drug-likeness (QED) is 0.803. The molecule has 0 aliphatic heterocycles. The molecule has 4 heteroatoms. The van der Waals surface area contributed by atoms with Gasteiger partial charge < -0.3 is 5.32 Å². The van der Waals surface area contributed by atoms with E-state index in [0.29, 0.717) is 10.9 Å². The van der Waals surface area contributed by atoms with Gasteiger partial charge >= 0.3 is 0 Å². The Kier molecular flexibility index (Phi) is 5.48. The lowest BCUT2D eigenvalue weighted by Gasteiger charge is -2.20. The fourth-order valence-corrected chi connectivity index (χ4v) is 2.64. The molecule has 0 spiro atoms. The highest BCUT2D eigenvalue weighted by Gasteiger charge is 2.14. The number of halogens is 3. The van der Waals surface area contributed by atoms with Crippen LogP contribution in [0.15, 0.2) is 40.9 Å². The van der Waals surface area contributed by atoms with Gasteiger partial charge in [-0.15, -0.1) is 0 Å². The van der Waals surface area contributed by atoms with Crippen LogP contribution in [0.2, 0.25) is 0 Å². The number of nitrogens with one attached hydrogen (secondary N) is 1. The monoisotopic (exact) mass is 353 g/mol. The Balaban J connectivity index is 2.28. The molecule has 0 radical (unpaired) electrons. The minimum absolute atomic E-state index is 0.00163. The van der Waals surface area contributed by atoms with E-state index in [9.17, 15) is 8.78 Å². The summed E-state index contributed by atoms with van der Waals surface area (Å²) in [7, 11) is 0. The lowest BCUT2D eigenvalue weighted by molar-refractivity contribution is 0.540. The van der Waals surface area contributed by atoms with E-state index in [0.717, 1.165) is 23.2 Å². The fraction of sp³-hybridized carbons (Fsp3) is 0.294. The minimum atomic E-state index is -0.272. The fourth-order valence-electron chi connectivity index (χ4n) is 2.39. The lowest BCUT2D eigenvalue weighted by atomic mass is 9.96. The van der Waals surface area contributed by atoms with E-state index in [1.807, 2.05) is 19.9 Å². The van der Waals surface area contributed by atoms with Gasteiger partial charge in [0, 0.05) is 6.04 Å². The third-order valence-electron chi connectivity index (χ3n) is 3.53. The highest BCUT2D eigenvalue weighted by Crippen LogP contribution is 2.24. The summed E-state index contributed by atoms with van der Waals surface area (Å²) in [6.45, 7) is 4.69. The number of rotatable bonds is 5. The standard InChI is InChI=1S/C17H18BrF2N/c1-3-21-17(13-5-7-15(18)16(20)9-13)10-12-4-6-14(19)8-11(12)2/h4-9,17,21H,3,10H2,1-2H3. The second-order valence-corrected chi connectivity index (χ2v) is 5.91. The molecule has 2 aromatic rings. The first-order valence-corrected chi connectivity index (χ1v) is 7.74. The van der Waals surface area contributed by atoms with Crippen LogP contribution in [0.3, 0.4) is 0 Å². The molecule has 0 aromatic heterocycles. The van der Waals surface area contributed by atoms with E-state index >= 15 is 0 Å². The van der Waals surface area contributed by atoms with Crippen molar-refractivity contribution < 1.29 is 8.78 Å². The summed E-state index contributed by atoms with van der Waals surface area (Å²) in [6.07, 6.45) is 0.695. The van der Waals surface area contributed by atoms with E-state index in [1.165, 1.54) is 18.2 Å². The van der Waals surface area contributed by atoms with Crippen LogP contribution in [-0.4, -0.2) is 6.54 Å². The molecule has 0 bridgehead atoms. The highest BCUT2D eigenvalue weighted by atomic mass is 79.9. The Labute approximate surface area is 132 Å². The van der Waals surface area contributed by atoms with Crippen molar-refractivity contribution in [3.8, 4) is 0 Å². The molecule has 2 aromatic carbocycles. The molecule has 21 heavy (non-hydrogen) atoms. The summed E-state index contributed by atoms with van der Waals surface area (Å²) in [5.74, 6) is -0.503. The van der Waals surface area contributed by atoms with Gasteiger partial charge in [0.25, 0.3) is 0 Å². The molecule has 1 atom stereocenters. The molecule has 1 N–H and O–H groups in total. The molecular weight excluding hydrogens is 336 g/mol. The van der Waals surface area contributed by atoms with Crippen molar-refractivity contribution >= 4 is 15.9 Å². The van der Waals surface area contributed by atoms with Crippen molar-refractivity contribution in [2.24, 2.45) is 0 Å². The summed E-state index contributed by atoms with van der Waals surface area (Å²) in [4.78, 5) is 0. The second-order valence-electron chi connectivity index (χ2n) is 5.06. The Morgan fingerprint density at radius 2 is 1.90 bits per heavy atom. The summed E-state index contributed by atoms with van der Waals surface area (Å²) in [6, 6.07) is 9.95. The zero-order valence-electron chi connectivity index (χ0n) is 12.1. The van der Waals surface area contributed by atoms with Crippen molar-refractivity contribution in [2.75, 3.05) is 6.54 Å². The maximum atomic E-state index is 13.7. The molecular formula is C17H18BrF2N. The van der Waals surface area contributed by atoms with Gasteiger partial charge in [0.2, 0.25) is 0 Å². The molecule has 112 valence electrons. The molecule has 1 nitrogen and oxygen atoms in total. The lowest BCUT2D eigenvalue weighted by Crippen LogP contribution is -2.23. The average molecular weight is 354 g/mol. The first kappa shape index (κ1) is 16.1. The van der Waals surface area contributed by atoms with E-state index in [-0.39, 0.29) is 17.7 Å². The molecule has 1 unspecified atom stereocenters. The van der Waals surface area contributed by atoms with Crippen LogP contribution >= 0.6 is 15.9 Å². The van der Waals surface area contributed by atoms with Crippen molar-refractivity contribution in [1.82, 2.24) is 5.32 Å². The molecule has 0 heterocycles. The summed E-state index contributed by atoms with van der Waals surface area (Å²) in [5, 5.41) is 3.36. The van der Waals surface area contributed by atoms with E-state index in [1.54, 1.807) is 12.1 Å². The number of aryl methyl sites for hydroxylation is 1. The van der Waals surface area contributed by atoms with E-state index in [4.69, 9.17) is 0 Å². The third-order valence-corrected chi connectivity index (χ3v) is 4.17. The SMILES string of the molecule is CCNC(Cc1ccc(F)cc1C)c1ccc(Br)c(F)c1. The molecule has 0 aliphatic carbocycles. The highest BCUT2D eigenvalue weighted by molar-refractivity contribution is 9.10. The topological polar surface area (TPSA) is 12.0 Å². The van der Waals surface area contributed by atoms with Gasteiger partial charge in [-0.25, -0.2) is 8.78 Å². The molecule has 2 rings (SSSR count). The van der Waals surface area contributed by atoms with Gasteiger partial charge in [-0.2, -0.15) is 0 Å². The Morgan fingerprint density at radius 1 is 1.14 bits per heavy atom. The van der Waals surface area contributed by atoms with E-state index in [2.05, 4.69) is 21.2 Å². The van der Waals surface area contributed by atoms with Gasteiger partial charge in [-0.05, 0) is 76.8 Å². The summed E-state index contributed by atoms with van der Waals surface area (Å²) >= 11 is 3.17. The Morgan fingerprint density at radius 3 is 2.52 bits per heavy atom. The number of hydrogen-bond acceptors (Lipinski definition) is 1. The number of likely N-dealkylation sites (N-methyl/N-ethyl adjacent to an activating group) is 1. The van der Waals surface area contributed by atoms with E-state index < -0.39 is 0 Å². The molecule has 0 saturated heterocycles. The number of hydrogen-bond donors (Lipinski definition) is 1. The van der Waals surface area contributed by atoms with Crippen LogP contribution < -0.4 is 5.32 Å². The van der Waals surface area contributed by atoms with Crippen molar-refractivity contribution in [2.45, 2.75) is 26.3 Å². The summed E-state index contributed by atoms with van der Waals surface area (Å²) < 4.78 is 27.4. The zero-order valence-corrected chi connectivity index (χ0v) is 13.7. The molecule has 0 saturated carbocycles. The van der Waals surface area contributed by atoms with Gasteiger partial charge in [-0.1, -0.05) is 19.1 Å².